The average Bonchev–Trinajstić information content (AvgIpc) is 3.29. The van der Waals surface area contributed by atoms with Crippen molar-refractivity contribution in [3.05, 3.63) is 17.0 Å². The zero-order valence-electron chi connectivity index (χ0n) is 17.4. The van der Waals surface area contributed by atoms with Gasteiger partial charge in [0.05, 0.1) is 0 Å². The number of hydrogen-bond acceptors (Lipinski definition) is 4. The summed E-state index contributed by atoms with van der Waals surface area (Å²) in [4.78, 5) is 8.31. The molecule has 8 heteroatoms. The molecule has 1 saturated carbocycles. The van der Waals surface area contributed by atoms with Crippen LogP contribution in [0.3, 0.4) is 0 Å². The lowest BCUT2D eigenvalue weighted by Gasteiger charge is -2.38. The van der Waals surface area contributed by atoms with Crippen molar-refractivity contribution in [2.45, 2.75) is 57.1 Å². The van der Waals surface area contributed by atoms with Gasteiger partial charge in [-0.3, -0.25) is 4.99 Å². The van der Waals surface area contributed by atoms with Crippen molar-refractivity contribution in [3.63, 3.8) is 0 Å². The molecule has 0 aromatic carbocycles. The van der Waals surface area contributed by atoms with Gasteiger partial charge in [-0.1, -0.05) is 20.3 Å². The minimum atomic E-state index is -3.36. The first kappa shape index (κ1) is 21.6. The molecule has 0 unspecified atom stereocenters. The number of guanidine groups is 1. The highest BCUT2D eigenvalue weighted by Crippen LogP contribution is 2.47. The van der Waals surface area contributed by atoms with Crippen LogP contribution in [0, 0.1) is 5.41 Å². The first-order valence-electron chi connectivity index (χ1n) is 10.6. The highest BCUT2D eigenvalue weighted by molar-refractivity contribution is 7.91. The van der Waals surface area contributed by atoms with Crippen LogP contribution < -0.4 is 5.32 Å². The van der Waals surface area contributed by atoms with Crippen molar-refractivity contribution >= 4 is 27.3 Å². The van der Waals surface area contributed by atoms with Crippen LogP contribution in [-0.2, 0) is 16.4 Å². The van der Waals surface area contributed by atoms with E-state index in [1.807, 2.05) is 19.9 Å². The molecule has 2 heterocycles. The van der Waals surface area contributed by atoms with E-state index < -0.39 is 10.0 Å². The molecule has 1 saturated heterocycles. The summed E-state index contributed by atoms with van der Waals surface area (Å²) >= 11 is 1.38. The molecule has 158 valence electrons. The minimum absolute atomic E-state index is 0.438. The van der Waals surface area contributed by atoms with Gasteiger partial charge in [0.1, 0.15) is 4.21 Å². The van der Waals surface area contributed by atoms with Crippen LogP contribution in [0.5, 0.6) is 0 Å². The van der Waals surface area contributed by atoms with E-state index in [0.29, 0.717) is 29.3 Å². The Morgan fingerprint density at radius 1 is 1.25 bits per heavy atom. The van der Waals surface area contributed by atoms with Gasteiger partial charge in [-0.05, 0) is 43.7 Å². The van der Waals surface area contributed by atoms with E-state index in [-0.39, 0.29) is 0 Å². The Bertz CT molecular complexity index is 780. The third kappa shape index (κ3) is 4.54. The van der Waals surface area contributed by atoms with Crippen molar-refractivity contribution in [1.29, 1.82) is 0 Å². The Morgan fingerprint density at radius 2 is 2.00 bits per heavy atom. The van der Waals surface area contributed by atoms with Gasteiger partial charge in [0.2, 0.25) is 0 Å². The molecule has 6 nitrogen and oxygen atoms in total. The number of nitrogens with zero attached hydrogens (tertiary/aromatic N) is 3. The fourth-order valence-corrected chi connectivity index (χ4v) is 7.18. The highest BCUT2D eigenvalue weighted by Gasteiger charge is 2.43. The molecule has 1 aromatic rings. The second-order valence-electron chi connectivity index (χ2n) is 7.82. The lowest BCUT2D eigenvalue weighted by atomic mass is 9.68. The van der Waals surface area contributed by atoms with E-state index in [9.17, 15) is 8.42 Å². The summed E-state index contributed by atoms with van der Waals surface area (Å²) in [7, 11) is -3.36. The van der Waals surface area contributed by atoms with Crippen molar-refractivity contribution in [1.82, 2.24) is 14.5 Å². The number of likely N-dealkylation sites (tertiary alicyclic amines) is 1. The molecule has 0 bridgehead atoms. The van der Waals surface area contributed by atoms with Crippen LogP contribution >= 0.6 is 11.3 Å². The molecule has 0 atom stereocenters. The Balaban J connectivity index is 1.60. The fraction of sp³-hybridized carbons (Fsp3) is 0.750. The monoisotopic (exact) mass is 426 g/mol. The maximum Gasteiger partial charge on any atom is 0.252 e. The van der Waals surface area contributed by atoms with Crippen molar-refractivity contribution in [2.24, 2.45) is 10.4 Å². The summed E-state index contributed by atoms with van der Waals surface area (Å²) in [6.07, 6.45) is 6.16. The van der Waals surface area contributed by atoms with E-state index in [2.05, 4.69) is 17.1 Å². The summed E-state index contributed by atoms with van der Waals surface area (Å²) < 4.78 is 27.2. The van der Waals surface area contributed by atoms with E-state index >= 15 is 0 Å². The zero-order chi connectivity index (χ0) is 20.2. The number of sulfonamides is 1. The molecule has 1 N–H and O–H groups in total. The molecule has 1 aliphatic heterocycles. The molecular formula is C20H34N4O2S2. The maximum atomic E-state index is 12.6. The number of hydrogen-bond donors (Lipinski definition) is 1. The van der Waals surface area contributed by atoms with E-state index in [0.717, 1.165) is 36.9 Å². The lowest BCUT2D eigenvalue weighted by Crippen LogP contribution is -2.42. The SMILES string of the molecule is CCNC(=NCCc1ccc(S(=O)(=O)N(CC)CC)s1)N1CCC2(CCC2)C1. The van der Waals surface area contributed by atoms with Crippen LogP contribution in [-0.4, -0.2) is 62.9 Å². The van der Waals surface area contributed by atoms with Gasteiger partial charge in [-0.25, -0.2) is 8.42 Å². The molecular weight excluding hydrogens is 392 g/mol. The molecule has 3 rings (SSSR count). The van der Waals surface area contributed by atoms with E-state index in [1.54, 1.807) is 6.07 Å². The van der Waals surface area contributed by atoms with E-state index in [4.69, 9.17) is 4.99 Å². The van der Waals surface area contributed by atoms with Crippen LogP contribution in [0.1, 0.15) is 51.3 Å². The summed E-state index contributed by atoms with van der Waals surface area (Å²) in [5.74, 6) is 1.01. The first-order chi connectivity index (χ1) is 13.4. The van der Waals surface area contributed by atoms with Gasteiger partial charge in [-0.15, -0.1) is 11.3 Å². The molecule has 2 aliphatic rings. The van der Waals surface area contributed by atoms with Crippen LogP contribution in [0.2, 0.25) is 0 Å². The summed E-state index contributed by atoms with van der Waals surface area (Å²) in [6.45, 7) is 10.6. The molecule has 0 radical (unpaired) electrons. The summed E-state index contributed by atoms with van der Waals surface area (Å²) in [5, 5.41) is 3.43. The van der Waals surface area contributed by atoms with Gasteiger partial charge < -0.3 is 10.2 Å². The van der Waals surface area contributed by atoms with E-state index in [1.165, 1.54) is 41.3 Å². The highest BCUT2D eigenvalue weighted by atomic mass is 32.2. The quantitative estimate of drug-likeness (QED) is 0.512. The molecule has 28 heavy (non-hydrogen) atoms. The summed E-state index contributed by atoms with van der Waals surface area (Å²) in [6, 6.07) is 3.67. The molecule has 0 amide bonds. The molecule has 2 fully saturated rings. The second-order valence-corrected chi connectivity index (χ2v) is 11.2. The molecule has 1 spiro atoms. The predicted molar refractivity (Wildman–Crippen MR) is 117 cm³/mol. The number of nitrogens with one attached hydrogen (secondary N) is 1. The van der Waals surface area contributed by atoms with Crippen molar-refractivity contribution in [2.75, 3.05) is 39.3 Å². The minimum Gasteiger partial charge on any atom is -0.357 e. The van der Waals surface area contributed by atoms with Gasteiger partial charge in [0.25, 0.3) is 10.0 Å². The Morgan fingerprint density at radius 3 is 2.57 bits per heavy atom. The van der Waals surface area contributed by atoms with Gasteiger partial charge in [0.15, 0.2) is 5.96 Å². The third-order valence-electron chi connectivity index (χ3n) is 6.04. The van der Waals surface area contributed by atoms with Crippen molar-refractivity contribution < 1.29 is 8.42 Å². The maximum absolute atomic E-state index is 12.6. The fourth-order valence-electron chi connectivity index (χ4n) is 4.22. The Hall–Kier alpha value is -1.12. The average molecular weight is 427 g/mol. The number of thiophene rings is 1. The lowest BCUT2D eigenvalue weighted by molar-refractivity contribution is 0.151. The standard InChI is InChI=1S/C20H34N4O2S2/c1-4-21-19(23-15-13-20(16-23)11-7-12-20)22-14-10-17-8-9-18(27-17)28(25,26)24(5-2)6-3/h8-9H,4-7,10-16H2,1-3H3,(H,21,22). The summed E-state index contributed by atoms with van der Waals surface area (Å²) in [5.41, 5.74) is 0.553. The van der Waals surface area contributed by atoms with Crippen LogP contribution in [0.4, 0.5) is 0 Å². The largest absolute Gasteiger partial charge is 0.357 e. The van der Waals surface area contributed by atoms with Gasteiger partial charge >= 0.3 is 0 Å². The number of aliphatic imine (C=N–C) groups is 1. The molecule has 1 aromatic heterocycles. The topological polar surface area (TPSA) is 65.0 Å². The van der Waals surface area contributed by atoms with Gasteiger partial charge in [-0.2, -0.15) is 4.31 Å². The normalized spacial score (nSPS) is 19.4. The third-order valence-corrected chi connectivity index (χ3v) is 9.71. The molecule has 1 aliphatic carbocycles. The second kappa shape index (κ2) is 9.13. The van der Waals surface area contributed by atoms with Crippen LogP contribution in [0.15, 0.2) is 21.3 Å². The van der Waals surface area contributed by atoms with Crippen molar-refractivity contribution in [3.8, 4) is 0 Å². The van der Waals surface area contributed by atoms with Crippen LogP contribution in [0.25, 0.3) is 0 Å². The smallest absolute Gasteiger partial charge is 0.252 e. The predicted octanol–water partition coefficient (Wildman–Crippen LogP) is 3.16. The Labute approximate surface area is 174 Å². The van der Waals surface area contributed by atoms with Gasteiger partial charge in [0, 0.05) is 50.6 Å². The zero-order valence-corrected chi connectivity index (χ0v) is 19.0. The first-order valence-corrected chi connectivity index (χ1v) is 12.8. The Kier molecular flexibility index (Phi) is 7.04. The number of rotatable bonds is 8.